The number of aryl methyl sites for hydroxylation is 1. The third-order valence-electron chi connectivity index (χ3n) is 2.54. The van der Waals surface area contributed by atoms with E-state index in [1.54, 1.807) is 11.3 Å². The predicted molar refractivity (Wildman–Crippen MR) is 69.1 cm³/mol. The minimum absolute atomic E-state index is 0.225. The van der Waals surface area contributed by atoms with Crippen molar-refractivity contribution in [2.45, 2.75) is 20.3 Å². The Bertz CT molecular complexity index is 494. The summed E-state index contributed by atoms with van der Waals surface area (Å²) in [5.74, 6) is 0.225. The Morgan fingerprint density at radius 2 is 1.81 bits per heavy atom. The summed E-state index contributed by atoms with van der Waals surface area (Å²) in [5, 5.41) is 0. The first-order valence-electron chi connectivity index (χ1n) is 5.41. The van der Waals surface area contributed by atoms with Gasteiger partial charge in [-0.05, 0) is 24.6 Å². The minimum atomic E-state index is 0.225. The molecule has 0 spiro atoms. The third kappa shape index (κ3) is 2.22. The Morgan fingerprint density at radius 3 is 2.44 bits per heavy atom. The van der Waals surface area contributed by atoms with Crippen molar-refractivity contribution >= 4 is 17.1 Å². The van der Waals surface area contributed by atoms with Gasteiger partial charge in [0.2, 0.25) is 0 Å². The van der Waals surface area contributed by atoms with Crippen LogP contribution in [0.2, 0.25) is 0 Å². The van der Waals surface area contributed by atoms with E-state index < -0.39 is 0 Å². The molecule has 0 atom stereocenters. The molecule has 0 saturated heterocycles. The van der Waals surface area contributed by atoms with Crippen LogP contribution in [0, 0.1) is 6.92 Å². The fraction of sp³-hybridized carbons (Fsp3) is 0.214. The van der Waals surface area contributed by atoms with Gasteiger partial charge in [0, 0.05) is 11.3 Å². The number of carbonyl (C=O) groups is 1. The summed E-state index contributed by atoms with van der Waals surface area (Å²) in [4.78, 5) is 13.5. The van der Waals surface area contributed by atoms with Gasteiger partial charge in [0.15, 0.2) is 5.78 Å². The van der Waals surface area contributed by atoms with E-state index in [2.05, 4.69) is 31.2 Å². The molecule has 2 heteroatoms. The molecule has 0 bridgehead atoms. The molecule has 2 aromatic rings. The number of hydrogen-bond donors (Lipinski definition) is 0. The number of benzene rings is 1. The van der Waals surface area contributed by atoms with E-state index in [0.29, 0.717) is 6.42 Å². The Hall–Kier alpha value is -1.41. The molecule has 1 nitrogen and oxygen atoms in total. The molecule has 16 heavy (non-hydrogen) atoms. The van der Waals surface area contributed by atoms with Crippen molar-refractivity contribution in [3.8, 4) is 10.4 Å². The van der Waals surface area contributed by atoms with Crippen LogP contribution in [0.25, 0.3) is 10.4 Å². The van der Waals surface area contributed by atoms with Gasteiger partial charge in [-0.2, -0.15) is 0 Å². The van der Waals surface area contributed by atoms with E-state index in [0.717, 1.165) is 9.75 Å². The van der Waals surface area contributed by atoms with E-state index in [1.807, 2.05) is 19.1 Å². The fourth-order valence-corrected chi connectivity index (χ4v) is 2.56. The SMILES string of the molecule is CCC(=O)c1ccc(-c2ccc(C)cc2)s1. The van der Waals surface area contributed by atoms with E-state index in [4.69, 9.17) is 0 Å². The zero-order valence-electron chi connectivity index (χ0n) is 9.49. The molecule has 0 amide bonds. The molecule has 0 aliphatic heterocycles. The molecule has 1 aromatic heterocycles. The van der Waals surface area contributed by atoms with Gasteiger partial charge in [0.05, 0.1) is 4.88 Å². The Balaban J connectivity index is 2.31. The topological polar surface area (TPSA) is 17.1 Å². The van der Waals surface area contributed by atoms with Crippen LogP contribution in [0.3, 0.4) is 0 Å². The van der Waals surface area contributed by atoms with E-state index >= 15 is 0 Å². The van der Waals surface area contributed by atoms with E-state index in [-0.39, 0.29) is 5.78 Å². The van der Waals surface area contributed by atoms with Crippen LogP contribution >= 0.6 is 11.3 Å². The highest BCUT2D eigenvalue weighted by molar-refractivity contribution is 7.17. The van der Waals surface area contributed by atoms with Gasteiger partial charge in [-0.1, -0.05) is 36.8 Å². The fourth-order valence-electron chi connectivity index (χ4n) is 1.53. The molecule has 0 saturated carbocycles. The standard InChI is InChI=1S/C14H14OS/c1-3-12(15)14-9-8-13(16-14)11-6-4-10(2)5-7-11/h4-9H,3H2,1-2H3. The average molecular weight is 230 g/mol. The molecular formula is C14H14OS. The molecule has 0 radical (unpaired) electrons. The number of ketones is 1. The average Bonchev–Trinajstić information content (AvgIpc) is 2.78. The number of carbonyl (C=O) groups excluding carboxylic acids is 1. The van der Waals surface area contributed by atoms with Crippen LogP contribution in [-0.2, 0) is 0 Å². The van der Waals surface area contributed by atoms with Crippen molar-refractivity contribution in [1.29, 1.82) is 0 Å². The zero-order valence-corrected chi connectivity index (χ0v) is 10.3. The lowest BCUT2D eigenvalue weighted by atomic mass is 10.1. The number of hydrogen-bond acceptors (Lipinski definition) is 2. The maximum Gasteiger partial charge on any atom is 0.172 e. The molecule has 2 rings (SSSR count). The summed E-state index contributed by atoms with van der Waals surface area (Å²) in [6.07, 6.45) is 0.577. The van der Waals surface area contributed by atoms with Crippen molar-refractivity contribution < 1.29 is 4.79 Å². The van der Waals surface area contributed by atoms with Crippen LogP contribution in [0.5, 0.6) is 0 Å². The molecule has 82 valence electrons. The summed E-state index contributed by atoms with van der Waals surface area (Å²) in [7, 11) is 0. The summed E-state index contributed by atoms with van der Waals surface area (Å²) >= 11 is 1.57. The highest BCUT2D eigenvalue weighted by Gasteiger charge is 2.07. The molecule has 0 aliphatic rings. The first kappa shape index (κ1) is 11.1. The molecule has 0 unspecified atom stereocenters. The monoisotopic (exact) mass is 230 g/mol. The quantitative estimate of drug-likeness (QED) is 0.718. The minimum Gasteiger partial charge on any atom is -0.293 e. The summed E-state index contributed by atoms with van der Waals surface area (Å²) in [5.41, 5.74) is 2.44. The first-order chi connectivity index (χ1) is 7.70. The molecule has 1 aromatic carbocycles. The van der Waals surface area contributed by atoms with Crippen molar-refractivity contribution in [2.24, 2.45) is 0 Å². The first-order valence-corrected chi connectivity index (χ1v) is 6.22. The van der Waals surface area contributed by atoms with Crippen molar-refractivity contribution in [1.82, 2.24) is 0 Å². The number of Topliss-reactive ketones (excluding diaryl/α,β-unsaturated/α-hetero) is 1. The van der Waals surface area contributed by atoms with Gasteiger partial charge in [-0.25, -0.2) is 0 Å². The van der Waals surface area contributed by atoms with Gasteiger partial charge in [0.1, 0.15) is 0 Å². The highest BCUT2D eigenvalue weighted by atomic mass is 32.1. The highest BCUT2D eigenvalue weighted by Crippen LogP contribution is 2.28. The predicted octanol–water partition coefficient (Wildman–Crippen LogP) is 4.32. The molecule has 0 aliphatic carbocycles. The van der Waals surface area contributed by atoms with Crippen LogP contribution < -0.4 is 0 Å². The second kappa shape index (κ2) is 4.62. The van der Waals surface area contributed by atoms with Crippen LogP contribution in [0.15, 0.2) is 36.4 Å². The lowest BCUT2D eigenvalue weighted by molar-refractivity contribution is 0.0992. The molecule has 1 heterocycles. The van der Waals surface area contributed by atoms with Gasteiger partial charge < -0.3 is 0 Å². The summed E-state index contributed by atoms with van der Waals surface area (Å²) in [6.45, 7) is 3.97. The van der Waals surface area contributed by atoms with Crippen molar-refractivity contribution in [2.75, 3.05) is 0 Å². The molecular weight excluding hydrogens is 216 g/mol. The van der Waals surface area contributed by atoms with Crippen LogP contribution in [0.4, 0.5) is 0 Å². The second-order valence-electron chi connectivity index (χ2n) is 3.81. The summed E-state index contributed by atoms with van der Waals surface area (Å²) < 4.78 is 0. The van der Waals surface area contributed by atoms with Crippen molar-refractivity contribution in [3.63, 3.8) is 0 Å². The van der Waals surface area contributed by atoms with Crippen LogP contribution in [0.1, 0.15) is 28.6 Å². The van der Waals surface area contributed by atoms with Crippen LogP contribution in [-0.4, -0.2) is 5.78 Å². The summed E-state index contributed by atoms with van der Waals surface area (Å²) in [6, 6.07) is 12.3. The smallest absolute Gasteiger partial charge is 0.172 e. The maximum absolute atomic E-state index is 11.5. The second-order valence-corrected chi connectivity index (χ2v) is 4.89. The number of thiophene rings is 1. The lowest BCUT2D eigenvalue weighted by Crippen LogP contribution is -1.90. The Kier molecular flexibility index (Phi) is 3.20. The van der Waals surface area contributed by atoms with Gasteiger partial charge >= 0.3 is 0 Å². The maximum atomic E-state index is 11.5. The lowest BCUT2D eigenvalue weighted by Gasteiger charge is -1.97. The van der Waals surface area contributed by atoms with Crippen molar-refractivity contribution in [3.05, 3.63) is 46.8 Å². The third-order valence-corrected chi connectivity index (χ3v) is 3.71. The van der Waals surface area contributed by atoms with Gasteiger partial charge in [0.25, 0.3) is 0 Å². The number of rotatable bonds is 3. The zero-order chi connectivity index (χ0) is 11.5. The van der Waals surface area contributed by atoms with Gasteiger partial charge in [-0.3, -0.25) is 4.79 Å². The largest absolute Gasteiger partial charge is 0.293 e. The Morgan fingerprint density at radius 1 is 1.12 bits per heavy atom. The molecule has 0 fully saturated rings. The van der Waals surface area contributed by atoms with E-state index in [1.165, 1.54) is 11.1 Å². The van der Waals surface area contributed by atoms with E-state index in [9.17, 15) is 4.79 Å². The molecule has 0 N–H and O–H groups in total. The Labute approximate surface area is 99.8 Å². The normalized spacial score (nSPS) is 10.4. The van der Waals surface area contributed by atoms with Gasteiger partial charge in [-0.15, -0.1) is 11.3 Å².